The summed E-state index contributed by atoms with van der Waals surface area (Å²) in [6, 6.07) is 11.0. The number of ketones is 1. The lowest BCUT2D eigenvalue weighted by Crippen LogP contribution is -2.52. The third kappa shape index (κ3) is 4.42. The van der Waals surface area contributed by atoms with Crippen LogP contribution in [0.1, 0.15) is 34.1 Å². The average molecular weight is 477 g/mol. The zero-order chi connectivity index (χ0) is 25.3. The maximum absolute atomic E-state index is 13.5. The normalized spacial score (nSPS) is 21.0. The molecule has 1 aliphatic heterocycles. The van der Waals surface area contributed by atoms with E-state index in [-0.39, 0.29) is 22.7 Å². The van der Waals surface area contributed by atoms with Crippen molar-refractivity contribution in [2.75, 3.05) is 13.7 Å². The number of carbonyl (C=O) groups is 4. The molecule has 3 atom stereocenters. The minimum Gasteiger partial charge on any atom is -0.497 e. The third-order valence-corrected chi connectivity index (χ3v) is 6.36. The van der Waals surface area contributed by atoms with Crippen LogP contribution in [0.5, 0.6) is 5.75 Å². The smallest absolute Gasteiger partial charge is 0.273 e. The Morgan fingerprint density at radius 1 is 1.06 bits per heavy atom. The number of hydrogen-bond acceptors (Lipinski definition) is 7. The number of non-ortho nitro benzene ring substituents is 1. The molecular weight excluding hydrogens is 454 g/mol. The summed E-state index contributed by atoms with van der Waals surface area (Å²) < 4.78 is 5.10. The molecule has 0 bridgehead atoms. The first-order chi connectivity index (χ1) is 16.7. The van der Waals surface area contributed by atoms with Crippen LogP contribution in [-0.4, -0.2) is 52.1 Å². The zero-order valence-corrected chi connectivity index (χ0v) is 19.1. The second kappa shape index (κ2) is 9.49. The number of nitro groups is 1. The molecule has 3 amide bonds. The number of hydrogen-bond donors (Lipinski definition) is 0. The van der Waals surface area contributed by atoms with Crippen molar-refractivity contribution in [1.29, 1.82) is 0 Å². The van der Waals surface area contributed by atoms with E-state index >= 15 is 0 Å². The number of methoxy groups -OCH3 is 1. The quantitative estimate of drug-likeness (QED) is 0.197. The Morgan fingerprint density at radius 2 is 1.69 bits per heavy atom. The van der Waals surface area contributed by atoms with Crippen LogP contribution in [0.25, 0.3) is 0 Å². The summed E-state index contributed by atoms with van der Waals surface area (Å²) in [5, 5.41) is 12.6. The minimum absolute atomic E-state index is 0.000207. The van der Waals surface area contributed by atoms with E-state index in [0.717, 1.165) is 22.2 Å². The van der Waals surface area contributed by atoms with E-state index in [2.05, 4.69) is 0 Å². The minimum atomic E-state index is -0.789. The molecule has 10 nitrogen and oxygen atoms in total. The Labute approximate surface area is 200 Å². The van der Waals surface area contributed by atoms with Crippen LogP contribution in [0.15, 0.2) is 60.7 Å². The lowest BCUT2D eigenvalue weighted by Gasteiger charge is -2.30. The van der Waals surface area contributed by atoms with Crippen molar-refractivity contribution in [2.24, 2.45) is 17.8 Å². The average Bonchev–Trinajstić information content (AvgIpc) is 3.12. The number of allylic oxidation sites excluding steroid dienone is 2. The first-order valence-corrected chi connectivity index (χ1v) is 11.0. The maximum Gasteiger partial charge on any atom is 0.273 e. The number of carbonyl (C=O) groups excluding carboxylic acids is 4. The molecule has 1 saturated heterocycles. The molecule has 2 aliphatic rings. The molecule has 180 valence electrons. The number of ether oxygens (including phenoxy) is 1. The van der Waals surface area contributed by atoms with E-state index in [1.165, 1.54) is 31.4 Å². The van der Waals surface area contributed by atoms with E-state index in [1.807, 2.05) is 19.1 Å². The van der Waals surface area contributed by atoms with Gasteiger partial charge in [0.05, 0.1) is 23.9 Å². The lowest BCUT2D eigenvalue weighted by atomic mass is 9.78. The van der Waals surface area contributed by atoms with Gasteiger partial charge >= 0.3 is 0 Å². The zero-order valence-electron chi connectivity index (χ0n) is 19.1. The topological polar surface area (TPSA) is 127 Å². The number of rotatable bonds is 7. The molecule has 1 heterocycles. The Hall–Kier alpha value is -4.34. The largest absolute Gasteiger partial charge is 0.497 e. The lowest BCUT2D eigenvalue weighted by molar-refractivity contribution is -0.384. The Balaban J connectivity index is 1.69. The molecule has 10 heteroatoms. The SMILES string of the molecule is COc1ccc(C(=O)CN(C(=O)c2ccc([N+](=O)[O-])cc2)N2C(=O)[C@H]3[C@H](C)C=CC[C@H]3C2=O)cc1. The van der Waals surface area contributed by atoms with Gasteiger partial charge in [0, 0.05) is 23.3 Å². The van der Waals surface area contributed by atoms with Gasteiger partial charge in [-0.3, -0.25) is 29.3 Å². The summed E-state index contributed by atoms with van der Waals surface area (Å²) >= 11 is 0. The van der Waals surface area contributed by atoms with Crippen molar-refractivity contribution in [1.82, 2.24) is 10.0 Å². The number of hydrazine groups is 1. The van der Waals surface area contributed by atoms with Crippen LogP contribution >= 0.6 is 0 Å². The van der Waals surface area contributed by atoms with Crippen molar-refractivity contribution in [3.05, 3.63) is 81.9 Å². The van der Waals surface area contributed by atoms with Crippen LogP contribution in [0.3, 0.4) is 0 Å². The van der Waals surface area contributed by atoms with Gasteiger partial charge in [0.2, 0.25) is 0 Å². The summed E-state index contributed by atoms with van der Waals surface area (Å²) in [5.41, 5.74) is 0.0419. The van der Waals surface area contributed by atoms with Gasteiger partial charge in [0.1, 0.15) is 12.3 Å². The number of Topliss-reactive ketones (excluding diaryl/α,β-unsaturated/α-hetero) is 1. The van der Waals surface area contributed by atoms with Crippen LogP contribution in [0.2, 0.25) is 0 Å². The van der Waals surface area contributed by atoms with Crippen molar-refractivity contribution in [3.63, 3.8) is 0 Å². The van der Waals surface area contributed by atoms with Gasteiger partial charge in [0.25, 0.3) is 23.4 Å². The van der Waals surface area contributed by atoms with E-state index in [9.17, 15) is 29.3 Å². The van der Waals surface area contributed by atoms with E-state index in [0.29, 0.717) is 12.2 Å². The molecule has 2 aromatic carbocycles. The van der Waals surface area contributed by atoms with Gasteiger partial charge in [0.15, 0.2) is 5.78 Å². The van der Waals surface area contributed by atoms with Gasteiger partial charge in [-0.1, -0.05) is 19.1 Å². The van der Waals surface area contributed by atoms with E-state index in [1.54, 1.807) is 12.1 Å². The highest BCUT2D eigenvalue weighted by Crippen LogP contribution is 2.39. The van der Waals surface area contributed by atoms with Crippen molar-refractivity contribution in [2.45, 2.75) is 13.3 Å². The molecule has 0 aromatic heterocycles. The molecule has 35 heavy (non-hydrogen) atoms. The second-order valence-electron chi connectivity index (χ2n) is 8.46. The Morgan fingerprint density at radius 3 is 2.26 bits per heavy atom. The predicted octanol–water partition coefficient (Wildman–Crippen LogP) is 3.04. The fourth-order valence-electron chi connectivity index (χ4n) is 4.48. The molecule has 0 unspecified atom stereocenters. The fraction of sp³-hybridized carbons (Fsp3) is 0.280. The number of benzene rings is 2. The van der Waals surface area contributed by atoms with Crippen LogP contribution < -0.4 is 4.74 Å². The molecule has 4 rings (SSSR count). The van der Waals surface area contributed by atoms with Gasteiger partial charge in [-0.2, -0.15) is 5.01 Å². The summed E-state index contributed by atoms with van der Waals surface area (Å²) in [5.74, 6) is -3.29. The molecule has 0 saturated carbocycles. The van der Waals surface area contributed by atoms with Crippen LogP contribution in [0.4, 0.5) is 5.69 Å². The first-order valence-electron chi connectivity index (χ1n) is 11.0. The monoisotopic (exact) mass is 477 g/mol. The van der Waals surface area contributed by atoms with Gasteiger partial charge < -0.3 is 4.74 Å². The number of amides is 3. The van der Waals surface area contributed by atoms with Crippen molar-refractivity contribution < 1.29 is 28.8 Å². The summed E-state index contributed by atoms with van der Waals surface area (Å²) in [6.45, 7) is 1.26. The summed E-state index contributed by atoms with van der Waals surface area (Å²) in [4.78, 5) is 63.6. The highest BCUT2D eigenvalue weighted by atomic mass is 16.6. The fourth-order valence-corrected chi connectivity index (χ4v) is 4.48. The summed E-state index contributed by atoms with van der Waals surface area (Å²) in [6.07, 6.45) is 4.06. The van der Waals surface area contributed by atoms with E-state index < -0.39 is 46.8 Å². The van der Waals surface area contributed by atoms with Crippen molar-refractivity contribution in [3.8, 4) is 5.75 Å². The highest BCUT2D eigenvalue weighted by molar-refractivity contribution is 6.09. The molecule has 2 aromatic rings. The van der Waals surface area contributed by atoms with Gasteiger partial charge in [-0.05, 0) is 48.7 Å². The molecule has 1 aliphatic carbocycles. The first kappa shape index (κ1) is 23.8. The summed E-state index contributed by atoms with van der Waals surface area (Å²) in [7, 11) is 1.49. The van der Waals surface area contributed by atoms with Gasteiger partial charge in [-0.25, -0.2) is 5.01 Å². The number of imide groups is 1. The van der Waals surface area contributed by atoms with Crippen molar-refractivity contribution >= 4 is 29.2 Å². The number of fused-ring (bicyclic) bond motifs is 1. The predicted molar refractivity (Wildman–Crippen MR) is 123 cm³/mol. The molecule has 1 fully saturated rings. The Bertz CT molecular complexity index is 1220. The van der Waals surface area contributed by atoms with E-state index in [4.69, 9.17) is 4.74 Å². The maximum atomic E-state index is 13.5. The molecular formula is C25H23N3O7. The molecule has 0 radical (unpaired) electrons. The second-order valence-corrected chi connectivity index (χ2v) is 8.46. The third-order valence-electron chi connectivity index (χ3n) is 6.36. The number of nitrogens with zero attached hydrogens (tertiary/aromatic N) is 3. The molecule has 0 spiro atoms. The number of nitro benzene ring substituents is 1. The Kier molecular flexibility index (Phi) is 6.46. The van der Waals surface area contributed by atoms with Crippen LogP contribution in [-0.2, 0) is 9.59 Å². The standard InChI is InChI=1S/C25H23N3O7/c1-15-4-3-5-20-22(15)25(32)27(24(20)31)26(14-21(29)16-8-12-19(35-2)13-9-16)23(30)17-6-10-18(11-7-17)28(33)34/h3-4,6-13,15,20,22H,5,14H2,1-2H3/t15-,20-,22+/m1/s1. The van der Waals surface area contributed by atoms with Gasteiger partial charge in [-0.15, -0.1) is 0 Å². The van der Waals surface area contributed by atoms with Crippen LogP contribution in [0, 0.1) is 27.9 Å². The highest BCUT2D eigenvalue weighted by Gasteiger charge is 2.53. The molecule has 0 N–H and O–H groups in total.